The molecule has 1 atom stereocenters. The molecule has 30 heavy (non-hydrogen) atoms. The molecule has 1 unspecified atom stereocenters. The highest BCUT2D eigenvalue weighted by Gasteiger charge is 2.17. The number of ether oxygens (including phenoxy) is 1. The number of para-hydroxylation sites is 1. The lowest BCUT2D eigenvalue weighted by molar-refractivity contribution is -0.122. The van der Waals surface area contributed by atoms with Crippen LogP contribution in [-0.2, 0) is 14.8 Å². The third kappa shape index (κ3) is 5.18. The average Bonchev–Trinajstić information content (AvgIpc) is 2.74. The molecular weight excluding hydrogens is 400 g/mol. The number of nitrogens with zero attached hydrogens (tertiary/aromatic N) is 1. The summed E-state index contributed by atoms with van der Waals surface area (Å²) in [6, 6.07) is 23.9. The van der Waals surface area contributed by atoms with E-state index >= 15 is 0 Å². The second-order valence-corrected chi connectivity index (χ2v) is 8.90. The first kappa shape index (κ1) is 21.4. The van der Waals surface area contributed by atoms with Crippen LogP contribution in [0.4, 0.5) is 11.4 Å². The van der Waals surface area contributed by atoms with Crippen molar-refractivity contribution in [3.05, 3.63) is 78.9 Å². The number of anilines is 2. The molecule has 3 aromatic carbocycles. The minimum atomic E-state index is -3.34. The van der Waals surface area contributed by atoms with Gasteiger partial charge in [-0.25, -0.2) is 8.42 Å². The first-order valence-electron chi connectivity index (χ1n) is 9.41. The summed E-state index contributed by atoms with van der Waals surface area (Å²) in [6.45, 7) is 1.66. The van der Waals surface area contributed by atoms with Gasteiger partial charge in [0, 0.05) is 18.3 Å². The van der Waals surface area contributed by atoms with Crippen molar-refractivity contribution in [1.29, 1.82) is 0 Å². The second kappa shape index (κ2) is 9.00. The fourth-order valence-corrected chi connectivity index (χ4v) is 3.38. The molecule has 3 rings (SSSR count). The van der Waals surface area contributed by atoms with Crippen LogP contribution < -0.4 is 14.4 Å². The van der Waals surface area contributed by atoms with E-state index in [9.17, 15) is 13.2 Å². The highest BCUT2D eigenvalue weighted by atomic mass is 32.2. The highest BCUT2D eigenvalue weighted by molar-refractivity contribution is 7.92. The molecule has 1 N–H and O–H groups in total. The molecule has 0 aliphatic carbocycles. The average molecular weight is 425 g/mol. The molecule has 0 heterocycles. The van der Waals surface area contributed by atoms with Gasteiger partial charge in [0.2, 0.25) is 10.0 Å². The Morgan fingerprint density at radius 3 is 2.17 bits per heavy atom. The van der Waals surface area contributed by atoms with Gasteiger partial charge in [-0.15, -0.1) is 0 Å². The fourth-order valence-electron chi connectivity index (χ4n) is 2.88. The number of benzene rings is 3. The Kier molecular flexibility index (Phi) is 6.42. The predicted octanol–water partition coefficient (Wildman–Crippen LogP) is 4.16. The Hall–Kier alpha value is -3.32. The van der Waals surface area contributed by atoms with Gasteiger partial charge in [-0.3, -0.25) is 9.10 Å². The van der Waals surface area contributed by atoms with E-state index in [1.807, 2.05) is 54.6 Å². The van der Waals surface area contributed by atoms with Crippen molar-refractivity contribution in [3.63, 3.8) is 0 Å². The molecule has 0 aliphatic rings. The maximum absolute atomic E-state index is 12.7. The molecule has 0 spiro atoms. The monoisotopic (exact) mass is 424 g/mol. The Balaban J connectivity index is 1.69. The zero-order valence-corrected chi connectivity index (χ0v) is 17.9. The van der Waals surface area contributed by atoms with Gasteiger partial charge in [0.05, 0.1) is 11.9 Å². The second-order valence-electron chi connectivity index (χ2n) is 6.89. The Morgan fingerprint density at radius 2 is 1.53 bits per heavy atom. The topological polar surface area (TPSA) is 75.7 Å². The van der Waals surface area contributed by atoms with Crippen molar-refractivity contribution in [2.75, 3.05) is 22.9 Å². The summed E-state index contributed by atoms with van der Waals surface area (Å²) in [4.78, 5) is 12.7. The minimum absolute atomic E-state index is 0.282. The van der Waals surface area contributed by atoms with Gasteiger partial charge in [-0.1, -0.05) is 48.5 Å². The van der Waals surface area contributed by atoms with E-state index in [1.54, 1.807) is 31.2 Å². The van der Waals surface area contributed by atoms with Crippen LogP contribution in [0.3, 0.4) is 0 Å². The van der Waals surface area contributed by atoms with Crippen LogP contribution in [0.5, 0.6) is 5.75 Å². The Labute approximate surface area is 177 Å². The summed E-state index contributed by atoms with van der Waals surface area (Å²) < 4.78 is 30.2. The van der Waals surface area contributed by atoms with E-state index in [0.717, 1.165) is 17.4 Å². The predicted molar refractivity (Wildman–Crippen MR) is 120 cm³/mol. The fraction of sp³-hybridized carbons (Fsp3) is 0.174. The van der Waals surface area contributed by atoms with E-state index in [1.165, 1.54) is 11.4 Å². The molecule has 7 heteroatoms. The van der Waals surface area contributed by atoms with Crippen molar-refractivity contribution < 1.29 is 17.9 Å². The molecule has 0 saturated heterocycles. The molecule has 6 nitrogen and oxygen atoms in total. The van der Waals surface area contributed by atoms with E-state index in [0.29, 0.717) is 17.1 Å². The van der Waals surface area contributed by atoms with Crippen molar-refractivity contribution in [2.45, 2.75) is 13.0 Å². The third-order valence-corrected chi connectivity index (χ3v) is 5.86. The van der Waals surface area contributed by atoms with Crippen LogP contribution in [0.1, 0.15) is 6.92 Å². The number of nitrogens with one attached hydrogen (secondary N) is 1. The van der Waals surface area contributed by atoms with Crippen LogP contribution in [0, 0.1) is 0 Å². The van der Waals surface area contributed by atoms with Crippen molar-refractivity contribution in [2.24, 2.45) is 0 Å². The van der Waals surface area contributed by atoms with Crippen molar-refractivity contribution >= 4 is 27.3 Å². The van der Waals surface area contributed by atoms with Gasteiger partial charge < -0.3 is 10.1 Å². The zero-order valence-electron chi connectivity index (χ0n) is 17.1. The van der Waals surface area contributed by atoms with Crippen molar-refractivity contribution in [3.8, 4) is 16.9 Å². The first-order valence-corrected chi connectivity index (χ1v) is 11.3. The largest absolute Gasteiger partial charge is 0.481 e. The van der Waals surface area contributed by atoms with E-state index in [4.69, 9.17) is 4.74 Å². The van der Waals surface area contributed by atoms with Gasteiger partial charge in [-0.05, 0) is 42.8 Å². The summed E-state index contributed by atoms with van der Waals surface area (Å²) in [6.07, 6.45) is 0.393. The molecule has 0 radical (unpaired) electrons. The molecule has 0 saturated carbocycles. The number of carbonyl (C=O) groups is 1. The van der Waals surface area contributed by atoms with Crippen LogP contribution in [0.25, 0.3) is 11.1 Å². The van der Waals surface area contributed by atoms with Crippen LogP contribution in [0.2, 0.25) is 0 Å². The van der Waals surface area contributed by atoms with Gasteiger partial charge in [-0.2, -0.15) is 0 Å². The van der Waals surface area contributed by atoms with Gasteiger partial charge >= 0.3 is 0 Å². The maximum atomic E-state index is 12.7. The molecule has 1 amide bonds. The number of amides is 1. The van der Waals surface area contributed by atoms with Crippen LogP contribution in [-0.4, -0.2) is 33.7 Å². The molecule has 156 valence electrons. The van der Waals surface area contributed by atoms with Gasteiger partial charge in [0.1, 0.15) is 5.75 Å². The number of carbonyl (C=O) groups excluding carboxylic acids is 1. The number of rotatable bonds is 7. The first-order chi connectivity index (χ1) is 14.3. The number of sulfonamides is 1. The third-order valence-electron chi connectivity index (χ3n) is 4.65. The van der Waals surface area contributed by atoms with E-state index < -0.39 is 16.1 Å². The van der Waals surface area contributed by atoms with Crippen molar-refractivity contribution in [1.82, 2.24) is 0 Å². The lowest BCUT2D eigenvalue weighted by Crippen LogP contribution is -2.30. The zero-order chi connectivity index (χ0) is 21.7. The molecule has 0 fully saturated rings. The SMILES string of the molecule is CC(Oc1ccc(N(C)S(C)(=O)=O)cc1)C(=O)Nc1ccccc1-c1ccccc1. The quantitative estimate of drug-likeness (QED) is 0.618. The smallest absolute Gasteiger partial charge is 0.265 e. The van der Waals surface area contributed by atoms with E-state index in [2.05, 4.69) is 5.32 Å². The highest BCUT2D eigenvalue weighted by Crippen LogP contribution is 2.28. The normalized spacial score (nSPS) is 12.1. The van der Waals surface area contributed by atoms with Gasteiger partial charge in [0.25, 0.3) is 5.91 Å². The lowest BCUT2D eigenvalue weighted by atomic mass is 10.0. The Morgan fingerprint density at radius 1 is 0.933 bits per heavy atom. The molecular formula is C23H24N2O4S. The number of hydrogen-bond donors (Lipinski definition) is 1. The van der Waals surface area contributed by atoms with Crippen LogP contribution >= 0.6 is 0 Å². The summed E-state index contributed by atoms with van der Waals surface area (Å²) in [7, 11) is -1.86. The standard InChI is InChI=1S/C23H24N2O4S/c1-17(29-20-15-13-19(14-16-20)25(2)30(3,27)28)23(26)24-22-12-8-7-11-21(22)18-9-5-4-6-10-18/h4-17H,1-3H3,(H,24,26). The maximum Gasteiger partial charge on any atom is 0.265 e. The summed E-state index contributed by atoms with van der Waals surface area (Å²) in [5, 5.41) is 2.93. The Bertz CT molecular complexity index is 1110. The molecule has 0 aliphatic heterocycles. The molecule has 3 aromatic rings. The molecule has 0 bridgehead atoms. The summed E-state index contributed by atoms with van der Waals surface area (Å²) in [5.41, 5.74) is 3.15. The lowest BCUT2D eigenvalue weighted by Gasteiger charge is -2.19. The van der Waals surface area contributed by atoms with Gasteiger partial charge in [0.15, 0.2) is 6.10 Å². The summed E-state index contributed by atoms with van der Waals surface area (Å²) >= 11 is 0. The minimum Gasteiger partial charge on any atom is -0.481 e. The van der Waals surface area contributed by atoms with Crippen LogP contribution in [0.15, 0.2) is 78.9 Å². The summed E-state index contributed by atoms with van der Waals surface area (Å²) in [5.74, 6) is 0.190. The molecule has 0 aromatic heterocycles. The van der Waals surface area contributed by atoms with E-state index in [-0.39, 0.29) is 5.91 Å². The number of hydrogen-bond acceptors (Lipinski definition) is 4.